The average Bonchev–Trinajstić information content (AvgIpc) is 3.92. The van der Waals surface area contributed by atoms with Crippen molar-refractivity contribution in [1.82, 2.24) is 13.5 Å². The lowest BCUT2D eigenvalue weighted by Gasteiger charge is -2.10. The number of fused-ring (bicyclic) bond motifs is 12. The highest BCUT2D eigenvalue weighted by atomic mass is 15.0. The monoisotopic (exact) mass is 647 g/mol. The number of aromatic nitrogens is 3. The summed E-state index contributed by atoms with van der Waals surface area (Å²) in [5, 5.41) is 10.3. The molecular weight excluding hydrogens is 619 g/mol. The van der Waals surface area contributed by atoms with Crippen molar-refractivity contribution in [3.8, 4) is 22.5 Å². The first kappa shape index (κ1) is 27.0. The zero-order valence-electron chi connectivity index (χ0n) is 27.6. The first-order valence-corrected chi connectivity index (χ1v) is 17.6. The molecule has 0 aliphatic heterocycles. The molecule has 0 aliphatic carbocycles. The molecular formula is C48H29N3. The largest absolute Gasteiger partial charge is 0.309 e. The molecule has 0 unspecified atom stereocenters. The minimum Gasteiger partial charge on any atom is -0.309 e. The van der Waals surface area contributed by atoms with E-state index < -0.39 is 0 Å². The van der Waals surface area contributed by atoms with Gasteiger partial charge in [-0.25, -0.2) is 0 Å². The molecule has 0 amide bonds. The molecule has 0 aliphatic rings. The molecule has 51 heavy (non-hydrogen) atoms. The average molecular weight is 648 g/mol. The number of hydrogen-bond donors (Lipinski definition) is 0. The van der Waals surface area contributed by atoms with Crippen LogP contribution in [0.2, 0.25) is 0 Å². The maximum atomic E-state index is 2.47. The van der Waals surface area contributed by atoms with E-state index in [4.69, 9.17) is 0 Å². The maximum Gasteiger partial charge on any atom is 0.0620 e. The third-order valence-corrected chi connectivity index (χ3v) is 11.2. The predicted octanol–water partition coefficient (Wildman–Crippen LogP) is 12.7. The van der Waals surface area contributed by atoms with Gasteiger partial charge >= 0.3 is 0 Å². The fourth-order valence-corrected chi connectivity index (χ4v) is 9.00. The quantitative estimate of drug-likeness (QED) is 0.181. The molecule has 0 spiro atoms. The molecule has 0 atom stereocenters. The second-order valence-corrected chi connectivity index (χ2v) is 13.8. The first-order chi connectivity index (χ1) is 25.3. The van der Waals surface area contributed by atoms with Gasteiger partial charge in [0.25, 0.3) is 0 Å². The summed E-state index contributed by atoms with van der Waals surface area (Å²) in [5.41, 5.74) is 13.5. The molecule has 12 rings (SSSR count). The number of rotatable bonds is 3. The lowest BCUT2D eigenvalue weighted by molar-refractivity contribution is 1.17. The molecule has 0 fully saturated rings. The van der Waals surface area contributed by atoms with E-state index in [1.165, 1.54) is 98.5 Å². The molecule has 0 N–H and O–H groups in total. The van der Waals surface area contributed by atoms with E-state index in [0.29, 0.717) is 0 Å². The van der Waals surface area contributed by atoms with Crippen molar-refractivity contribution in [2.45, 2.75) is 0 Å². The standard InChI is InChI=1S/C48H29N3/c1-2-11-32(12-3-1)49-42-18-7-6-15-36(42)41-29-33(23-26-46(41)49)50-43-19-8-5-14-35(43)40-27-30(22-25-45(40)50)31-21-24-37-39-17-10-16-38-34-13-4-9-20-44(34)51(48(38)39)47(37)28-31/h1-29H. The summed E-state index contributed by atoms with van der Waals surface area (Å²) in [5.74, 6) is 0. The molecule has 236 valence electrons. The van der Waals surface area contributed by atoms with Crippen LogP contribution in [0.4, 0.5) is 0 Å². The van der Waals surface area contributed by atoms with Crippen LogP contribution in [-0.4, -0.2) is 13.5 Å². The normalized spacial score (nSPS) is 12.3. The Bertz CT molecular complexity index is 3360. The van der Waals surface area contributed by atoms with E-state index in [9.17, 15) is 0 Å². The summed E-state index contributed by atoms with van der Waals surface area (Å²) >= 11 is 0. The van der Waals surface area contributed by atoms with Crippen molar-refractivity contribution >= 4 is 81.7 Å². The topological polar surface area (TPSA) is 14.3 Å². The first-order valence-electron chi connectivity index (χ1n) is 17.6. The molecule has 0 saturated carbocycles. The van der Waals surface area contributed by atoms with Gasteiger partial charge in [-0.2, -0.15) is 0 Å². The molecule has 12 aromatic rings. The van der Waals surface area contributed by atoms with Crippen LogP contribution in [0.1, 0.15) is 0 Å². The molecule has 0 bridgehead atoms. The van der Waals surface area contributed by atoms with E-state index in [1.54, 1.807) is 0 Å². The van der Waals surface area contributed by atoms with Gasteiger partial charge in [0.2, 0.25) is 0 Å². The maximum absolute atomic E-state index is 2.47. The van der Waals surface area contributed by atoms with Crippen LogP contribution in [0.15, 0.2) is 176 Å². The fourth-order valence-electron chi connectivity index (χ4n) is 9.00. The Morgan fingerprint density at radius 1 is 0.255 bits per heavy atom. The Kier molecular flexibility index (Phi) is 5.23. The highest BCUT2D eigenvalue weighted by molar-refractivity contribution is 6.23. The molecule has 3 nitrogen and oxygen atoms in total. The predicted molar refractivity (Wildman–Crippen MR) is 215 cm³/mol. The van der Waals surface area contributed by atoms with Crippen molar-refractivity contribution in [3.63, 3.8) is 0 Å². The molecule has 0 radical (unpaired) electrons. The fraction of sp³-hybridized carbons (Fsp3) is 0. The third kappa shape index (κ3) is 3.57. The Morgan fingerprint density at radius 2 is 0.745 bits per heavy atom. The van der Waals surface area contributed by atoms with Crippen LogP contribution in [0.25, 0.3) is 104 Å². The second kappa shape index (κ2) is 9.87. The van der Waals surface area contributed by atoms with Crippen molar-refractivity contribution < 1.29 is 0 Å². The van der Waals surface area contributed by atoms with Crippen LogP contribution in [0.3, 0.4) is 0 Å². The van der Waals surface area contributed by atoms with Crippen molar-refractivity contribution in [1.29, 1.82) is 0 Å². The van der Waals surface area contributed by atoms with Crippen LogP contribution in [0, 0.1) is 0 Å². The van der Waals surface area contributed by atoms with Gasteiger partial charge in [0.15, 0.2) is 0 Å². The Balaban J connectivity index is 1.07. The molecule has 4 heterocycles. The minimum atomic E-state index is 1.16. The van der Waals surface area contributed by atoms with Crippen LogP contribution in [0.5, 0.6) is 0 Å². The van der Waals surface area contributed by atoms with Crippen molar-refractivity contribution in [2.75, 3.05) is 0 Å². The van der Waals surface area contributed by atoms with Gasteiger partial charge in [-0.1, -0.05) is 109 Å². The molecule has 0 saturated heterocycles. The SMILES string of the molecule is c1ccc(-n2c3ccccc3c3cc(-n4c5ccccc5c5cc(-c6ccc7c8cccc9c%10ccccc%10n(c7c6)c98)ccc54)ccc32)cc1. The van der Waals surface area contributed by atoms with E-state index in [0.717, 1.165) is 5.69 Å². The molecule has 4 aromatic heterocycles. The second-order valence-electron chi connectivity index (χ2n) is 13.8. The smallest absolute Gasteiger partial charge is 0.0620 e. The van der Waals surface area contributed by atoms with Crippen molar-refractivity contribution in [3.05, 3.63) is 176 Å². The number of nitrogens with zero attached hydrogens (tertiary/aromatic N) is 3. The van der Waals surface area contributed by atoms with Gasteiger partial charge in [0.1, 0.15) is 0 Å². The minimum absolute atomic E-state index is 1.16. The highest BCUT2D eigenvalue weighted by Crippen LogP contribution is 2.42. The van der Waals surface area contributed by atoms with Gasteiger partial charge in [0, 0.05) is 54.5 Å². The van der Waals surface area contributed by atoms with Crippen molar-refractivity contribution in [2.24, 2.45) is 0 Å². The summed E-state index contributed by atoms with van der Waals surface area (Å²) in [6.07, 6.45) is 0. The van der Waals surface area contributed by atoms with Gasteiger partial charge in [0.05, 0.1) is 38.6 Å². The van der Waals surface area contributed by atoms with Crippen LogP contribution < -0.4 is 0 Å². The van der Waals surface area contributed by atoms with Gasteiger partial charge < -0.3 is 13.5 Å². The lowest BCUT2D eigenvalue weighted by atomic mass is 10.0. The highest BCUT2D eigenvalue weighted by Gasteiger charge is 2.19. The number of hydrogen-bond acceptors (Lipinski definition) is 0. The van der Waals surface area contributed by atoms with E-state index >= 15 is 0 Å². The summed E-state index contributed by atoms with van der Waals surface area (Å²) in [6, 6.07) is 64.7. The van der Waals surface area contributed by atoms with E-state index in [-0.39, 0.29) is 0 Å². The van der Waals surface area contributed by atoms with E-state index in [1.807, 2.05) is 0 Å². The third-order valence-electron chi connectivity index (χ3n) is 11.2. The molecule has 3 heteroatoms. The summed E-state index contributed by atoms with van der Waals surface area (Å²) < 4.78 is 7.28. The van der Waals surface area contributed by atoms with E-state index in [2.05, 4.69) is 189 Å². The Morgan fingerprint density at radius 3 is 1.47 bits per heavy atom. The Hall–Kier alpha value is -6.84. The van der Waals surface area contributed by atoms with Gasteiger partial charge in [-0.3, -0.25) is 0 Å². The Labute approximate surface area is 292 Å². The molecule has 8 aromatic carbocycles. The summed E-state index contributed by atoms with van der Waals surface area (Å²) in [7, 11) is 0. The number of para-hydroxylation sites is 5. The van der Waals surface area contributed by atoms with Crippen LogP contribution >= 0.6 is 0 Å². The summed E-state index contributed by atoms with van der Waals surface area (Å²) in [6.45, 7) is 0. The van der Waals surface area contributed by atoms with Crippen LogP contribution in [-0.2, 0) is 0 Å². The lowest BCUT2D eigenvalue weighted by Crippen LogP contribution is -1.95. The zero-order chi connectivity index (χ0) is 33.2. The zero-order valence-corrected chi connectivity index (χ0v) is 27.6. The number of benzene rings is 8. The van der Waals surface area contributed by atoms with Gasteiger partial charge in [-0.05, 0) is 77.9 Å². The summed E-state index contributed by atoms with van der Waals surface area (Å²) in [4.78, 5) is 0. The van der Waals surface area contributed by atoms with Gasteiger partial charge in [-0.15, -0.1) is 0 Å².